The molecule has 0 bridgehead atoms. The average Bonchev–Trinajstić information content (AvgIpc) is 2.71. The summed E-state index contributed by atoms with van der Waals surface area (Å²) < 4.78 is 1.54. The molecule has 1 N–H and O–H groups in total. The first-order valence-corrected chi connectivity index (χ1v) is 6.29. The molecule has 0 saturated heterocycles. The zero-order chi connectivity index (χ0) is 14.5. The Hall–Kier alpha value is -1.92. The molecule has 106 valence electrons. The van der Waals surface area contributed by atoms with Crippen LogP contribution in [0.3, 0.4) is 0 Å². The monoisotopic (exact) mass is 269 g/mol. The molecular weight excluding hydrogens is 248 g/mol. The fraction of sp³-hybridized carbons (Fsp3) is 0.667. The molecule has 0 radical (unpaired) electrons. The van der Waals surface area contributed by atoms with Crippen LogP contribution < -0.4 is 5.59 Å². The van der Waals surface area contributed by atoms with Crippen LogP contribution >= 0.6 is 0 Å². The summed E-state index contributed by atoms with van der Waals surface area (Å²) in [7, 11) is 1.40. The molecule has 1 aliphatic heterocycles. The van der Waals surface area contributed by atoms with E-state index < -0.39 is 11.8 Å². The minimum atomic E-state index is -0.739. The van der Waals surface area contributed by atoms with E-state index >= 15 is 0 Å². The average molecular weight is 269 g/mol. The molecule has 0 aromatic carbocycles. The van der Waals surface area contributed by atoms with E-state index in [1.54, 1.807) is 12.4 Å². The van der Waals surface area contributed by atoms with Crippen molar-refractivity contribution in [3.63, 3.8) is 0 Å². The summed E-state index contributed by atoms with van der Waals surface area (Å²) in [6, 6.07) is 0. The molecule has 0 fully saturated rings. The summed E-state index contributed by atoms with van der Waals surface area (Å²) in [5.74, 6) is -0.255. The SMILES string of the molecule is CCCCC(=O)N(C)C(=O)ON[N+]1=CC=NC1(C)C. The highest BCUT2D eigenvalue weighted by atomic mass is 16.7. The van der Waals surface area contributed by atoms with Crippen molar-refractivity contribution in [2.75, 3.05) is 7.05 Å². The lowest BCUT2D eigenvalue weighted by Gasteiger charge is -2.16. The Kier molecular flexibility index (Phi) is 5.02. The molecule has 0 saturated carbocycles. The second-order valence-electron chi connectivity index (χ2n) is 4.81. The van der Waals surface area contributed by atoms with Gasteiger partial charge in [-0.15, -0.1) is 0 Å². The van der Waals surface area contributed by atoms with Gasteiger partial charge in [0.15, 0.2) is 0 Å². The summed E-state index contributed by atoms with van der Waals surface area (Å²) in [6.45, 7) is 5.69. The van der Waals surface area contributed by atoms with Gasteiger partial charge < -0.3 is 0 Å². The third-order valence-electron chi connectivity index (χ3n) is 2.82. The van der Waals surface area contributed by atoms with E-state index in [0.29, 0.717) is 6.42 Å². The lowest BCUT2D eigenvalue weighted by atomic mass is 10.2. The standard InChI is InChI=1S/C12H21N4O3/c1-5-6-7-10(17)15(4)11(18)19-14-16-9-8-13-12(16,2)3/h8-9,14H,5-7H2,1-4H3/q+1. The van der Waals surface area contributed by atoms with Gasteiger partial charge >= 0.3 is 6.09 Å². The second-order valence-corrected chi connectivity index (χ2v) is 4.81. The lowest BCUT2D eigenvalue weighted by Crippen LogP contribution is -2.45. The van der Waals surface area contributed by atoms with Crippen LogP contribution in [-0.4, -0.2) is 46.7 Å². The molecule has 1 aliphatic rings. The van der Waals surface area contributed by atoms with Crippen molar-refractivity contribution in [3.8, 4) is 0 Å². The van der Waals surface area contributed by atoms with Crippen molar-refractivity contribution in [1.29, 1.82) is 0 Å². The maximum Gasteiger partial charge on any atom is 0.444 e. The van der Waals surface area contributed by atoms with Gasteiger partial charge in [0.1, 0.15) is 0 Å². The highest BCUT2D eigenvalue weighted by Gasteiger charge is 2.34. The smallest absolute Gasteiger partial charge is 0.274 e. The number of hydrogen-bond donors (Lipinski definition) is 1. The minimum absolute atomic E-state index is 0.255. The van der Waals surface area contributed by atoms with Crippen molar-refractivity contribution in [2.24, 2.45) is 4.99 Å². The molecule has 0 unspecified atom stereocenters. The van der Waals surface area contributed by atoms with Crippen LogP contribution in [0, 0.1) is 0 Å². The summed E-state index contributed by atoms with van der Waals surface area (Å²) >= 11 is 0. The highest BCUT2D eigenvalue weighted by Crippen LogP contribution is 2.10. The fourth-order valence-corrected chi connectivity index (χ4v) is 1.42. The van der Waals surface area contributed by atoms with Crippen LogP contribution in [0.2, 0.25) is 0 Å². The molecule has 1 rings (SSSR count). The number of imide groups is 1. The molecule has 0 atom stereocenters. The summed E-state index contributed by atoms with van der Waals surface area (Å²) in [4.78, 5) is 33.3. The molecular formula is C12H21N4O3+. The number of nitrogens with zero attached hydrogens (tertiary/aromatic N) is 3. The molecule has 0 spiro atoms. The molecule has 0 aromatic rings. The van der Waals surface area contributed by atoms with E-state index in [4.69, 9.17) is 4.84 Å². The first kappa shape index (κ1) is 15.1. The largest absolute Gasteiger partial charge is 0.444 e. The summed E-state index contributed by atoms with van der Waals surface area (Å²) in [5, 5.41) is 0. The fourth-order valence-electron chi connectivity index (χ4n) is 1.42. The molecule has 0 aromatic heterocycles. The number of unbranched alkanes of at least 4 members (excludes halogenated alkanes) is 1. The minimum Gasteiger partial charge on any atom is -0.274 e. The van der Waals surface area contributed by atoms with Crippen LogP contribution in [0.25, 0.3) is 0 Å². The van der Waals surface area contributed by atoms with Gasteiger partial charge in [-0.05, 0) is 12.0 Å². The quantitative estimate of drug-likeness (QED) is 0.599. The Morgan fingerprint density at radius 2 is 2.16 bits per heavy atom. The van der Waals surface area contributed by atoms with Gasteiger partial charge in [-0.25, -0.2) is 14.7 Å². The number of aliphatic imine (C=N–C) groups is 1. The normalized spacial score (nSPS) is 15.9. The Balaban J connectivity index is 2.41. The van der Waals surface area contributed by atoms with E-state index in [-0.39, 0.29) is 5.91 Å². The van der Waals surface area contributed by atoms with Crippen LogP contribution in [-0.2, 0) is 9.63 Å². The Labute approximate surface area is 112 Å². The lowest BCUT2D eigenvalue weighted by molar-refractivity contribution is -0.683. The van der Waals surface area contributed by atoms with E-state index in [0.717, 1.165) is 17.7 Å². The van der Waals surface area contributed by atoms with E-state index in [1.807, 2.05) is 20.8 Å². The van der Waals surface area contributed by atoms with Gasteiger partial charge in [-0.2, -0.15) is 0 Å². The van der Waals surface area contributed by atoms with Gasteiger partial charge in [-0.1, -0.05) is 18.0 Å². The van der Waals surface area contributed by atoms with Crippen molar-refractivity contribution in [2.45, 2.75) is 45.7 Å². The van der Waals surface area contributed by atoms with Crippen LogP contribution in [0.4, 0.5) is 4.79 Å². The Morgan fingerprint density at radius 3 is 2.68 bits per heavy atom. The third kappa shape index (κ3) is 4.04. The van der Waals surface area contributed by atoms with Gasteiger partial charge in [0.05, 0.1) is 6.21 Å². The number of carbonyl (C=O) groups is 2. The molecule has 0 aliphatic carbocycles. The number of amides is 2. The van der Waals surface area contributed by atoms with Gasteiger partial charge in [0, 0.05) is 27.3 Å². The van der Waals surface area contributed by atoms with Gasteiger partial charge in [0.2, 0.25) is 12.1 Å². The van der Waals surface area contributed by atoms with E-state index in [9.17, 15) is 9.59 Å². The van der Waals surface area contributed by atoms with Gasteiger partial charge in [0.25, 0.3) is 5.66 Å². The van der Waals surface area contributed by atoms with Crippen molar-refractivity contribution < 1.29 is 19.1 Å². The molecule has 2 amide bonds. The highest BCUT2D eigenvalue weighted by molar-refractivity contribution is 6.14. The summed E-state index contributed by atoms with van der Waals surface area (Å²) in [5.41, 5.74) is 1.95. The number of rotatable bonds is 5. The zero-order valence-corrected chi connectivity index (χ0v) is 11.8. The maximum absolute atomic E-state index is 11.7. The van der Waals surface area contributed by atoms with Gasteiger partial charge in [-0.3, -0.25) is 9.63 Å². The predicted molar refractivity (Wildman–Crippen MR) is 70.8 cm³/mol. The predicted octanol–water partition coefficient (Wildman–Crippen LogP) is 1.09. The number of carbonyl (C=O) groups excluding carboxylic acids is 2. The third-order valence-corrected chi connectivity index (χ3v) is 2.82. The second kappa shape index (κ2) is 6.31. The number of hydrazine groups is 1. The number of hydrogen-bond acceptors (Lipinski definition) is 5. The van der Waals surface area contributed by atoms with Crippen molar-refractivity contribution in [3.05, 3.63) is 0 Å². The first-order chi connectivity index (χ1) is 8.88. The molecule has 1 heterocycles. The van der Waals surface area contributed by atoms with Crippen LogP contribution in [0.15, 0.2) is 4.99 Å². The molecule has 19 heavy (non-hydrogen) atoms. The summed E-state index contributed by atoms with van der Waals surface area (Å²) in [6.07, 6.45) is 4.51. The zero-order valence-electron chi connectivity index (χ0n) is 11.8. The van der Waals surface area contributed by atoms with E-state index in [2.05, 4.69) is 10.6 Å². The molecule has 7 heteroatoms. The van der Waals surface area contributed by atoms with Crippen molar-refractivity contribution >= 4 is 24.4 Å². The molecule has 7 nitrogen and oxygen atoms in total. The Bertz CT molecular complexity index is 415. The maximum atomic E-state index is 11.7. The van der Waals surface area contributed by atoms with Crippen LogP contribution in [0.5, 0.6) is 0 Å². The first-order valence-electron chi connectivity index (χ1n) is 6.29. The Morgan fingerprint density at radius 1 is 1.47 bits per heavy atom. The topological polar surface area (TPSA) is 74.0 Å². The van der Waals surface area contributed by atoms with Crippen molar-refractivity contribution in [1.82, 2.24) is 10.5 Å². The number of nitrogens with one attached hydrogen (secondary N) is 1. The van der Waals surface area contributed by atoms with Crippen LogP contribution in [0.1, 0.15) is 40.0 Å². The number of hydrazone groups is 1. The van der Waals surface area contributed by atoms with E-state index in [1.165, 1.54) is 11.7 Å².